The molecule has 2 aromatic rings. The highest BCUT2D eigenvalue weighted by molar-refractivity contribution is 5.70. The van der Waals surface area contributed by atoms with Gasteiger partial charge in [0.25, 0.3) is 0 Å². The van der Waals surface area contributed by atoms with E-state index in [2.05, 4.69) is 14.9 Å². The number of nitrogens with one attached hydrogen (secondary N) is 1. The lowest BCUT2D eigenvalue weighted by Gasteiger charge is -2.12. The van der Waals surface area contributed by atoms with E-state index in [0.717, 1.165) is 12.1 Å². The summed E-state index contributed by atoms with van der Waals surface area (Å²) in [6, 6.07) is 3.34. The highest BCUT2D eigenvalue weighted by Gasteiger charge is 2.32. The van der Waals surface area contributed by atoms with Crippen LogP contribution >= 0.6 is 0 Å². The molecule has 0 aliphatic carbocycles. The molecule has 1 heterocycles. The van der Waals surface area contributed by atoms with Gasteiger partial charge in [-0.05, 0) is 18.2 Å². The first kappa shape index (κ1) is 11.3. The van der Waals surface area contributed by atoms with E-state index < -0.39 is 12.1 Å². The third-order valence-corrected chi connectivity index (χ3v) is 2.00. The summed E-state index contributed by atoms with van der Waals surface area (Å²) in [5.74, 6) is -0.549. The molecule has 0 radical (unpaired) electrons. The minimum atomic E-state index is -4.78. The SMILES string of the molecule is Oc1ccc(OC(F)(F)F)c(-c2cn[nH]c2)c1. The van der Waals surface area contributed by atoms with Gasteiger partial charge in [0.1, 0.15) is 11.5 Å². The van der Waals surface area contributed by atoms with E-state index in [1.54, 1.807) is 0 Å². The summed E-state index contributed by atoms with van der Waals surface area (Å²) in [6.07, 6.45) is -2.05. The number of aromatic amines is 1. The van der Waals surface area contributed by atoms with Gasteiger partial charge >= 0.3 is 6.36 Å². The molecule has 0 atom stereocenters. The number of H-pyrrole nitrogens is 1. The van der Waals surface area contributed by atoms with Crippen LogP contribution in [0, 0.1) is 0 Å². The molecular formula is C10H7F3N2O2. The molecule has 0 aliphatic heterocycles. The second-order valence-electron chi connectivity index (χ2n) is 3.22. The zero-order chi connectivity index (χ0) is 12.5. The van der Waals surface area contributed by atoms with Crippen molar-refractivity contribution in [2.45, 2.75) is 6.36 Å². The first-order valence-corrected chi connectivity index (χ1v) is 4.53. The summed E-state index contributed by atoms with van der Waals surface area (Å²) >= 11 is 0. The molecule has 7 heteroatoms. The number of alkyl halides is 3. The zero-order valence-corrected chi connectivity index (χ0v) is 8.32. The van der Waals surface area contributed by atoms with Crippen molar-refractivity contribution in [3.8, 4) is 22.6 Å². The molecule has 0 saturated heterocycles. The fourth-order valence-electron chi connectivity index (χ4n) is 1.36. The maximum Gasteiger partial charge on any atom is 0.573 e. The molecule has 2 N–H and O–H groups in total. The molecule has 0 fully saturated rings. The van der Waals surface area contributed by atoms with E-state index >= 15 is 0 Å². The molecule has 0 saturated carbocycles. The number of aromatic nitrogens is 2. The van der Waals surface area contributed by atoms with Crippen molar-refractivity contribution >= 4 is 0 Å². The Hall–Kier alpha value is -2.18. The highest BCUT2D eigenvalue weighted by atomic mass is 19.4. The van der Waals surface area contributed by atoms with Crippen molar-refractivity contribution in [2.75, 3.05) is 0 Å². The largest absolute Gasteiger partial charge is 0.573 e. The lowest BCUT2D eigenvalue weighted by Crippen LogP contribution is -2.17. The summed E-state index contributed by atoms with van der Waals surface area (Å²) in [5, 5.41) is 15.4. The Bertz CT molecular complexity index is 509. The number of phenols is 1. The molecule has 0 unspecified atom stereocenters. The van der Waals surface area contributed by atoms with E-state index in [1.807, 2.05) is 0 Å². The Kier molecular flexibility index (Phi) is 2.66. The van der Waals surface area contributed by atoms with Gasteiger partial charge in [0.05, 0.1) is 6.20 Å². The van der Waals surface area contributed by atoms with Crippen LogP contribution in [-0.4, -0.2) is 21.7 Å². The Morgan fingerprint density at radius 1 is 1.29 bits per heavy atom. The van der Waals surface area contributed by atoms with Crippen LogP contribution in [0.1, 0.15) is 0 Å². The molecule has 4 nitrogen and oxygen atoms in total. The highest BCUT2D eigenvalue weighted by Crippen LogP contribution is 2.35. The van der Waals surface area contributed by atoms with Gasteiger partial charge in [-0.25, -0.2) is 0 Å². The van der Waals surface area contributed by atoms with Crippen molar-refractivity contribution in [1.29, 1.82) is 0 Å². The topological polar surface area (TPSA) is 58.1 Å². The van der Waals surface area contributed by atoms with E-state index in [4.69, 9.17) is 0 Å². The number of aromatic hydroxyl groups is 1. The van der Waals surface area contributed by atoms with Gasteiger partial charge < -0.3 is 9.84 Å². The number of nitrogens with zero attached hydrogens (tertiary/aromatic N) is 1. The Balaban J connectivity index is 2.45. The van der Waals surface area contributed by atoms with Crippen molar-refractivity contribution in [1.82, 2.24) is 10.2 Å². The van der Waals surface area contributed by atoms with Gasteiger partial charge in [-0.15, -0.1) is 13.2 Å². The Morgan fingerprint density at radius 3 is 2.65 bits per heavy atom. The van der Waals surface area contributed by atoms with E-state index in [9.17, 15) is 18.3 Å². The number of hydrogen-bond acceptors (Lipinski definition) is 3. The van der Waals surface area contributed by atoms with Crippen molar-refractivity contribution < 1.29 is 23.0 Å². The predicted octanol–water partition coefficient (Wildman–Crippen LogP) is 2.68. The zero-order valence-electron chi connectivity index (χ0n) is 8.32. The quantitative estimate of drug-likeness (QED) is 0.853. The first-order chi connectivity index (χ1) is 7.96. The van der Waals surface area contributed by atoms with E-state index in [0.29, 0.717) is 5.56 Å². The van der Waals surface area contributed by atoms with Crippen LogP contribution in [0.2, 0.25) is 0 Å². The standard InChI is InChI=1S/C10H7F3N2O2/c11-10(12,13)17-9-2-1-7(16)3-8(9)6-4-14-15-5-6/h1-5,16H,(H,14,15). The second-order valence-corrected chi connectivity index (χ2v) is 3.22. The third kappa shape index (κ3) is 2.68. The molecule has 0 amide bonds. The summed E-state index contributed by atoms with van der Waals surface area (Å²) < 4.78 is 40.3. The fraction of sp³-hybridized carbons (Fsp3) is 0.100. The maximum absolute atomic E-state index is 12.2. The number of ether oxygens (including phenoxy) is 1. The van der Waals surface area contributed by atoms with Crippen molar-refractivity contribution in [2.24, 2.45) is 0 Å². The van der Waals surface area contributed by atoms with Gasteiger partial charge in [0, 0.05) is 17.3 Å². The summed E-state index contributed by atoms with van der Waals surface area (Å²) in [5.41, 5.74) is 0.497. The van der Waals surface area contributed by atoms with Crippen molar-refractivity contribution in [3.63, 3.8) is 0 Å². The minimum Gasteiger partial charge on any atom is -0.508 e. The number of halogens is 3. The molecule has 90 valence electrons. The normalized spacial score (nSPS) is 11.5. The van der Waals surface area contributed by atoms with Crippen LogP contribution in [0.15, 0.2) is 30.6 Å². The molecule has 1 aromatic carbocycles. The van der Waals surface area contributed by atoms with Gasteiger partial charge in [-0.3, -0.25) is 5.10 Å². The average molecular weight is 244 g/mol. The van der Waals surface area contributed by atoms with Gasteiger partial charge in [-0.2, -0.15) is 5.10 Å². The molecule has 17 heavy (non-hydrogen) atoms. The third-order valence-electron chi connectivity index (χ3n) is 2.00. The average Bonchev–Trinajstić information content (AvgIpc) is 2.71. The number of benzene rings is 1. The van der Waals surface area contributed by atoms with E-state index in [-0.39, 0.29) is 11.3 Å². The van der Waals surface area contributed by atoms with Crippen LogP contribution in [0.3, 0.4) is 0 Å². The molecular weight excluding hydrogens is 237 g/mol. The molecule has 0 aliphatic rings. The van der Waals surface area contributed by atoms with Crippen LogP contribution in [0.25, 0.3) is 11.1 Å². The summed E-state index contributed by atoms with van der Waals surface area (Å²) in [6.45, 7) is 0. The Labute approximate surface area is 93.7 Å². The molecule has 0 spiro atoms. The van der Waals surface area contributed by atoms with Gasteiger partial charge in [0.2, 0.25) is 0 Å². The lowest BCUT2D eigenvalue weighted by atomic mass is 10.1. The van der Waals surface area contributed by atoms with Gasteiger partial charge in [0.15, 0.2) is 0 Å². The second kappa shape index (κ2) is 4.00. The van der Waals surface area contributed by atoms with Crippen LogP contribution in [0.5, 0.6) is 11.5 Å². The van der Waals surface area contributed by atoms with Crippen LogP contribution in [0.4, 0.5) is 13.2 Å². The number of hydrogen-bond donors (Lipinski definition) is 2. The first-order valence-electron chi connectivity index (χ1n) is 4.53. The fourth-order valence-corrected chi connectivity index (χ4v) is 1.36. The smallest absolute Gasteiger partial charge is 0.508 e. The van der Waals surface area contributed by atoms with Crippen LogP contribution < -0.4 is 4.74 Å². The summed E-state index contributed by atoms with van der Waals surface area (Å²) in [4.78, 5) is 0. The minimum absolute atomic E-state index is 0.107. The maximum atomic E-state index is 12.2. The molecule has 2 rings (SSSR count). The van der Waals surface area contributed by atoms with E-state index in [1.165, 1.54) is 18.5 Å². The van der Waals surface area contributed by atoms with Gasteiger partial charge in [-0.1, -0.05) is 0 Å². The predicted molar refractivity (Wildman–Crippen MR) is 52.4 cm³/mol. The van der Waals surface area contributed by atoms with Crippen LogP contribution in [-0.2, 0) is 0 Å². The molecule has 1 aromatic heterocycles. The number of phenolic OH excluding ortho intramolecular Hbond substituents is 1. The lowest BCUT2D eigenvalue weighted by molar-refractivity contribution is -0.274. The molecule has 0 bridgehead atoms. The summed E-state index contributed by atoms with van der Waals surface area (Å²) in [7, 11) is 0. The van der Waals surface area contributed by atoms with Crippen molar-refractivity contribution in [3.05, 3.63) is 30.6 Å². The number of rotatable bonds is 2. The monoisotopic (exact) mass is 244 g/mol. The Morgan fingerprint density at radius 2 is 2.06 bits per heavy atom.